The van der Waals surface area contributed by atoms with E-state index in [1.807, 2.05) is 0 Å². The van der Waals surface area contributed by atoms with Crippen LogP contribution in [0.2, 0.25) is 0 Å². The van der Waals surface area contributed by atoms with E-state index in [2.05, 4.69) is 19.2 Å². The third-order valence-corrected chi connectivity index (χ3v) is 3.18. The molecule has 0 aromatic heterocycles. The van der Waals surface area contributed by atoms with Crippen molar-refractivity contribution in [1.82, 2.24) is 5.32 Å². The van der Waals surface area contributed by atoms with E-state index < -0.39 is 0 Å². The van der Waals surface area contributed by atoms with Crippen molar-refractivity contribution >= 4 is 0 Å². The first-order valence-electron chi connectivity index (χ1n) is 5.40. The number of ether oxygens (including phenoxy) is 1. The van der Waals surface area contributed by atoms with Crippen LogP contribution in [0.3, 0.4) is 0 Å². The van der Waals surface area contributed by atoms with Gasteiger partial charge in [0.05, 0.1) is 5.60 Å². The van der Waals surface area contributed by atoms with E-state index in [4.69, 9.17) is 4.74 Å². The second-order valence-electron chi connectivity index (χ2n) is 5.14. The topological polar surface area (TPSA) is 41.5 Å². The second-order valence-corrected chi connectivity index (χ2v) is 5.14. The maximum absolute atomic E-state index is 9.26. The lowest BCUT2D eigenvalue weighted by Gasteiger charge is -2.41. The molecule has 0 saturated carbocycles. The van der Waals surface area contributed by atoms with Crippen LogP contribution < -0.4 is 5.32 Å². The Kier molecular flexibility index (Phi) is 3.93. The van der Waals surface area contributed by atoms with Gasteiger partial charge in [0.15, 0.2) is 0 Å². The van der Waals surface area contributed by atoms with Crippen LogP contribution >= 0.6 is 0 Å². The van der Waals surface area contributed by atoms with Crippen molar-refractivity contribution in [3.05, 3.63) is 0 Å². The molecule has 0 aliphatic carbocycles. The average Bonchev–Trinajstić information content (AvgIpc) is 2.19. The summed E-state index contributed by atoms with van der Waals surface area (Å²) in [5.41, 5.74) is -0.0508. The molecule has 0 unspecified atom stereocenters. The molecule has 0 radical (unpaired) electrons. The highest BCUT2D eigenvalue weighted by atomic mass is 16.5. The van der Waals surface area contributed by atoms with Gasteiger partial charge < -0.3 is 15.2 Å². The Labute approximate surface area is 86.8 Å². The molecule has 1 aliphatic heterocycles. The van der Waals surface area contributed by atoms with Crippen LogP contribution in [-0.4, -0.2) is 37.5 Å². The molecule has 2 N–H and O–H groups in total. The molecule has 0 bridgehead atoms. The molecule has 1 aliphatic rings. The molecule has 0 aromatic rings. The van der Waals surface area contributed by atoms with E-state index in [0.717, 1.165) is 32.4 Å². The summed E-state index contributed by atoms with van der Waals surface area (Å²) in [6.07, 6.45) is 3.04. The van der Waals surface area contributed by atoms with Crippen molar-refractivity contribution in [3.8, 4) is 0 Å². The standard InChI is InChI=1S/C11H23NO2/c1-10(2,9-13)8-11(14-3)4-6-12-7-5-11/h12-13H,4-9H2,1-3H3. The summed E-state index contributed by atoms with van der Waals surface area (Å²) in [7, 11) is 1.79. The van der Waals surface area contributed by atoms with Gasteiger partial charge >= 0.3 is 0 Å². The number of nitrogens with one attached hydrogen (secondary N) is 1. The van der Waals surface area contributed by atoms with Crippen LogP contribution in [0, 0.1) is 5.41 Å². The van der Waals surface area contributed by atoms with E-state index in [1.54, 1.807) is 7.11 Å². The highest BCUT2D eigenvalue weighted by molar-refractivity contribution is 4.90. The molecule has 84 valence electrons. The summed E-state index contributed by atoms with van der Waals surface area (Å²) in [6, 6.07) is 0. The second kappa shape index (κ2) is 4.60. The van der Waals surface area contributed by atoms with Gasteiger partial charge in [-0.25, -0.2) is 0 Å². The molecule has 1 heterocycles. The average molecular weight is 201 g/mol. The van der Waals surface area contributed by atoms with E-state index in [-0.39, 0.29) is 17.6 Å². The molecule has 1 saturated heterocycles. The largest absolute Gasteiger partial charge is 0.396 e. The third-order valence-electron chi connectivity index (χ3n) is 3.18. The van der Waals surface area contributed by atoms with Gasteiger partial charge in [-0.15, -0.1) is 0 Å². The summed E-state index contributed by atoms with van der Waals surface area (Å²) in [6.45, 7) is 6.46. The highest BCUT2D eigenvalue weighted by Gasteiger charge is 2.37. The maximum Gasteiger partial charge on any atom is 0.0708 e. The van der Waals surface area contributed by atoms with Gasteiger partial charge in [0.2, 0.25) is 0 Å². The predicted octanol–water partition coefficient (Wildman–Crippen LogP) is 1.16. The zero-order chi connectivity index (χ0) is 10.7. The van der Waals surface area contributed by atoms with Crippen LogP contribution in [0.5, 0.6) is 0 Å². The molecule has 3 nitrogen and oxygen atoms in total. The Balaban J connectivity index is 2.60. The van der Waals surface area contributed by atoms with Crippen LogP contribution in [-0.2, 0) is 4.74 Å². The van der Waals surface area contributed by atoms with Gasteiger partial charge in [-0.3, -0.25) is 0 Å². The first-order chi connectivity index (χ1) is 6.54. The van der Waals surface area contributed by atoms with E-state index in [9.17, 15) is 5.11 Å². The van der Waals surface area contributed by atoms with Crippen LogP contribution in [0.15, 0.2) is 0 Å². The number of aliphatic hydroxyl groups is 1. The molecule has 1 rings (SSSR count). The molecule has 14 heavy (non-hydrogen) atoms. The fourth-order valence-electron chi connectivity index (χ4n) is 2.26. The summed E-state index contributed by atoms with van der Waals surface area (Å²) in [5, 5.41) is 12.6. The third kappa shape index (κ3) is 2.94. The Morgan fingerprint density at radius 1 is 1.36 bits per heavy atom. The van der Waals surface area contributed by atoms with Crippen molar-refractivity contribution in [2.75, 3.05) is 26.8 Å². The Morgan fingerprint density at radius 3 is 2.36 bits per heavy atom. The summed E-state index contributed by atoms with van der Waals surface area (Å²) < 4.78 is 5.67. The van der Waals surface area contributed by atoms with Crippen LogP contribution in [0.25, 0.3) is 0 Å². The minimum atomic E-state index is -0.0344. The van der Waals surface area contributed by atoms with Crippen molar-refractivity contribution in [1.29, 1.82) is 0 Å². The molecule has 0 spiro atoms. The zero-order valence-electron chi connectivity index (χ0n) is 9.60. The molecular weight excluding hydrogens is 178 g/mol. The Bertz CT molecular complexity index is 174. The van der Waals surface area contributed by atoms with E-state index >= 15 is 0 Å². The molecular formula is C11H23NO2. The van der Waals surface area contributed by atoms with Crippen molar-refractivity contribution in [2.45, 2.75) is 38.7 Å². The fourth-order valence-corrected chi connectivity index (χ4v) is 2.26. The lowest BCUT2D eigenvalue weighted by atomic mass is 9.76. The molecule has 1 fully saturated rings. The van der Waals surface area contributed by atoms with Crippen LogP contribution in [0.4, 0.5) is 0 Å². The van der Waals surface area contributed by atoms with Gasteiger partial charge in [-0.05, 0) is 37.8 Å². The summed E-state index contributed by atoms with van der Waals surface area (Å²) in [4.78, 5) is 0. The molecule has 0 aromatic carbocycles. The minimum absolute atomic E-state index is 0.0164. The van der Waals surface area contributed by atoms with E-state index in [1.165, 1.54) is 0 Å². The molecule has 0 atom stereocenters. The fraction of sp³-hybridized carbons (Fsp3) is 1.00. The molecule has 0 amide bonds. The first-order valence-corrected chi connectivity index (χ1v) is 5.40. The van der Waals surface area contributed by atoms with E-state index in [0.29, 0.717) is 0 Å². The first kappa shape index (κ1) is 12.0. The number of rotatable bonds is 4. The minimum Gasteiger partial charge on any atom is -0.396 e. The van der Waals surface area contributed by atoms with Crippen LogP contribution in [0.1, 0.15) is 33.1 Å². The Morgan fingerprint density at radius 2 is 1.93 bits per heavy atom. The van der Waals surface area contributed by atoms with Gasteiger partial charge in [0.1, 0.15) is 0 Å². The SMILES string of the molecule is COC1(CC(C)(C)CO)CCNCC1. The quantitative estimate of drug-likeness (QED) is 0.717. The zero-order valence-corrected chi connectivity index (χ0v) is 9.60. The maximum atomic E-state index is 9.26. The number of methoxy groups -OCH3 is 1. The smallest absolute Gasteiger partial charge is 0.0708 e. The predicted molar refractivity (Wildman–Crippen MR) is 57.3 cm³/mol. The molecule has 3 heteroatoms. The Hall–Kier alpha value is -0.120. The number of hydrogen-bond acceptors (Lipinski definition) is 3. The van der Waals surface area contributed by atoms with Crippen molar-refractivity contribution in [3.63, 3.8) is 0 Å². The monoisotopic (exact) mass is 201 g/mol. The van der Waals surface area contributed by atoms with Crippen molar-refractivity contribution in [2.24, 2.45) is 5.41 Å². The van der Waals surface area contributed by atoms with Gasteiger partial charge in [0.25, 0.3) is 0 Å². The number of piperidine rings is 1. The summed E-state index contributed by atoms with van der Waals surface area (Å²) in [5.74, 6) is 0. The highest BCUT2D eigenvalue weighted by Crippen LogP contribution is 2.35. The number of hydrogen-bond donors (Lipinski definition) is 2. The van der Waals surface area contributed by atoms with Crippen molar-refractivity contribution < 1.29 is 9.84 Å². The summed E-state index contributed by atoms with van der Waals surface area (Å²) >= 11 is 0. The lowest BCUT2D eigenvalue weighted by Crippen LogP contribution is -2.46. The lowest BCUT2D eigenvalue weighted by molar-refractivity contribution is -0.0712. The van der Waals surface area contributed by atoms with Gasteiger partial charge in [-0.2, -0.15) is 0 Å². The normalized spacial score (nSPS) is 22.3. The van der Waals surface area contributed by atoms with Gasteiger partial charge in [0, 0.05) is 13.7 Å². The number of aliphatic hydroxyl groups excluding tert-OH is 1. The van der Waals surface area contributed by atoms with Gasteiger partial charge in [-0.1, -0.05) is 13.8 Å².